The van der Waals surface area contributed by atoms with Gasteiger partial charge in [0.15, 0.2) is 0 Å². The van der Waals surface area contributed by atoms with Crippen LogP contribution in [0.1, 0.15) is 38.5 Å². The molecule has 1 N–H and O–H groups in total. The Morgan fingerprint density at radius 3 is 2.29 bits per heavy atom. The normalized spacial score (nSPS) is 29.7. The molecule has 0 bridgehead atoms. The number of nitrogens with one attached hydrogen (secondary N) is 1. The number of rotatable bonds is 4. The lowest BCUT2D eigenvalue weighted by Crippen LogP contribution is -2.51. The van der Waals surface area contributed by atoms with Gasteiger partial charge < -0.3 is 10.2 Å². The molecule has 1 aliphatic carbocycles. The van der Waals surface area contributed by atoms with E-state index in [4.69, 9.17) is 0 Å². The van der Waals surface area contributed by atoms with Crippen molar-refractivity contribution in [3.63, 3.8) is 0 Å². The van der Waals surface area contributed by atoms with Crippen molar-refractivity contribution in [2.24, 2.45) is 0 Å². The number of carbonyl (C=O) groups is 1. The van der Waals surface area contributed by atoms with Gasteiger partial charge >= 0.3 is 0 Å². The lowest BCUT2D eigenvalue weighted by molar-refractivity contribution is -0.125. The van der Waals surface area contributed by atoms with Crippen LogP contribution in [0.5, 0.6) is 0 Å². The zero-order chi connectivity index (χ0) is 15.0. The minimum atomic E-state index is -3.29. The summed E-state index contributed by atoms with van der Waals surface area (Å²) in [7, 11) is -3.29. The topological polar surface area (TPSA) is 69.7 Å². The average molecular weight is 315 g/mol. The maximum absolute atomic E-state index is 12.4. The smallest absolute Gasteiger partial charge is 0.238 e. The fourth-order valence-electron chi connectivity index (χ4n) is 3.55. The molecule has 0 spiro atoms. The van der Waals surface area contributed by atoms with Gasteiger partial charge in [-0.1, -0.05) is 0 Å². The van der Waals surface area contributed by atoms with E-state index < -0.39 is 16.1 Å². The number of sulfonamides is 1. The Hall–Kier alpha value is -0.660. The molecule has 0 radical (unpaired) electrons. The quantitative estimate of drug-likeness (QED) is 0.802. The highest BCUT2D eigenvalue weighted by Crippen LogP contribution is 2.29. The minimum Gasteiger partial charge on any atom is -0.352 e. The number of nitrogens with zero attached hydrogens (tertiary/aromatic N) is 2. The first-order valence-electron chi connectivity index (χ1n) is 7.96. The number of carbonyl (C=O) groups excluding carboxylic acids is 1. The Bertz CT molecular complexity index is 496. The van der Waals surface area contributed by atoms with Crippen molar-refractivity contribution in [1.82, 2.24) is 14.5 Å². The second-order valence-corrected chi connectivity index (χ2v) is 8.52. The predicted octanol–water partition coefficient (Wildman–Crippen LogP) is 0.153. The van der Waals surface area contributed by atoms with E-state index in [1.54, 1.807) is 0 Å². The molecule has 2 saturated heterocycles. The maximum atomic E-state index is 12.4. The van der Waals surface area contributed by atoms with Crippen LogP contribution in [0.3, 0.4) is 0 Å². The highest BCUT2D eigenvalue weighted by Gasteiger charge is 2.38. The van der Waals surface area contributed by atoms with Crippen LogP contribution in [-0.2, 0) is 14.8 Å². The molecule has 6 nitrogen and oxygen atoms in total. The van der Waals surface area contributed by atoms with Crippen molar-refractivity contribution < 1.29 is 13.2 Å². The standard InChI is InChI=1S/C14H25N3O3S/c1-21(19,20)17-8-2-3-13(17)14(18)15-11-6-9-16(10-7-11)12-4-5-12/h11-13H,2-10H2,1H3,(H,15,18)/t13-/m0/s1. The zero-order valence-corrected chi connectivity index (χ0v) is 13.4. The van der Waals surface area contributed by atoms with Crippen LogP contribution in [0.15, 0.2) is 0 Å². The summed E-state index contributed by atoms with van der Waals surface area (Å²) in [6, 6.07) is 0.494. The summed E-state index contributed by atoms with van der Waals surface area (Å²) in [5.41, 5.74) is 0. The van der Waals surface area contributed by atoms with Crippen LogP contribution < -0.4 is 5.32 Å². The average Bonchev–Trinajstić information content (AvgIpc) is 3.14. The molecular weight excluding hydrogens is 290 g/mol. The number of hydrogen-bond acceptors (Lipinski definition) is 4. The van der Waals surface area contributed by atoms with Gasteiger partial charge in [-0.3, -0.25) is 4.79 Å². The third-order valence-electron chi connectivity index (χ3n) is 4.87. The summed E-state index contributed by atoms with van der Waals surface area (Å²) in [5, 5.41) is 3.07. The van der Waals surface area contributed by atoms with E-state index in [2.05, 4.69) is 10.2 Å². The molecule has 3 aliphatic rings. The Balaban J connectivity index is 1.52. The molecule has 0 aromatic rings. The molecule has 0 aromatic heterocycles. The van der Waals surface area contributed by atoms with Crippen LogP contribution in [-0.4, -0.2) is 67.5 Å². The monoisotopic (exact) mass is 315 g/mol. The number of likely N-dealkylation sites (tertiary alicyclic amines) is 1. The van der Waals surface area contributed by atoms with E-state index in [1.165, 1.54) is 23.4 Å². The molecule has 120 valence electrons. The highest BCUT2D eigenvalue weighted by molar-refractivity contribution is 7.88. The van der Waals surface area contributed by atoms with Crippen molar-refractivity contribution in [2.75, 3.05) is 25.9 Å². The van der Waals surface area contributed by atoms with Crippen LogP contribution in [0.4, 0.5) is 0 Å². The summed E-state index contributed by atoms with van der Waals surface area (Å²) in [6.07, 6.45) is 7.20. The largest absolute Gasteiger partial charge is 0.352 e. The van der Waals surface area contributed by atoms with E-state index in [-0.39, 0.29) is 11.9 Å². The first-order valence-corrected chi connectivity index (χ1v) is 9.81. The minimum absolute atomic E-state index is 0.109. The van der Waals surface area contributed by atoms with Crippen molar-refractivity contribution in [1.29, 1.82) is 0 Å². The molecule has 2 aliphatic heterocycles. The van der Waals surface area contributed by atoms with E-state index in [0.29, 0.717) is 13.0 Å². The third-order valence-corrected chi connectivity index (χ3v) is 6.16. The summed E-state index contributed by atoms with van der Waals surface area (Å²) in [6.45, 7) is 2.57. The SMILES string of the molecule is CS(=O)(=O)N1CCC[C@H]1C(=O)NC1CCN(C2CC2)CC1. The molecular formula is C14H25N3O3S. The van der Waals surface area contributed by atoms with E-state index in [1.807, 2.05) is 0 Å². The molecule has 1 atom stereocenters. The van der Waals surface area contributed by atoms with Gasteiger partial charge in [-0.15, -0.1) is 0 Å². The van der Waals surface area contributed by atoms with E-state index in [0.717, 1.165) is 38.4 Å². The molecule has 1 amide bonds. The van der Waals surface area contributed by atoms with Crippen molar-refractivity contribution in [2.45, 2.75) is 56.7 Å². The predicted molar refractivity (Wildman–Crippen MR) is 80.3 cm³/mol. The molecule has 1 saturated carbocycles. The molecule has 2 heterocycles. The van der Waals surface area contributed by atoms with Crippen molar-refractivity contribution >= 4 is 15.9 Å². The van der Waals surface area contributed by atoms with Gasteiger partial charge in [-0.05, 0) is 38.5 Å². The van der Waals surface area contributed by atoms with Gasteiger partial charge in [0, 0.05) is 31.7 Å². The number of hydrogen-bond donors (Lipinski definition) is 1. The van der Waals surface area contributed by atoms with Gasteiger partial charge in [0.25, 0.3) is 0 Å². The third kappa shape index (κ3) is 3.57. The Labute approximate surface area is 126 Å². The molecule has 0 unspecified atom stereocenters. The first-order chi connectivity index (χ1) is 9.95. The van der Waals surface area contributed by atoms with Gasteiger partial charge in [0.1, 0.15) is 6.04 Å². The van der Waals surface area contributed by atoms with E-state index in [9.17, 15) is 13.2 Å². The number of amides is 1. The van der Waals surface area contributed by atoms with Crippen molar-refractivity contribution in [3.8, 4) is 0 Å². The molecule has 3 rings (SSSR count). The summed E-state index contributed by atoms with van der Waals surface area (Å²) in [4.78, 5) is 14.9. The lowest BCUT2D eigenvalue weighted by atomic mass is 10.0. The summed E-state index contributed by atoms with van der Waals surface area (Å²) in [5.74, 6) is -0.109. The number of piperidine rings is 1. The second-order valence-electron chi connectivity index (χ2n) is 6.58. The Morgan fingerprint density at radius 1 is 1.05 bits per heavy atom. The van der Waals surface area contributed by atoms with Crippen LogP contribution in [0.25, 0.3) is 0 Å². The van der Waals surface area contributed by atoms with Gasteiger partial charge in [0.05, 0.1) is 6.26 Å². The summed E-state index contributed by atoms with van der Waals surface area (Å²) < 4.78 is 24.8. The van der Waals surface area contributed by atoms with Crippen LogP contribution >= 0.6 is 0 Å². The fourth-order valence-corrected chi connectivity index (χ4v) is 4.67. The highest BCUT2D eigenvalue weighted by atomic mass is 32.2. The lowest BCUT2D eigenvalue weighted by Gasteiger charge is -2.33. The van der Waals surface area contributed by atoms with Crippen molar-refractivity contribution in [3.05, 3.63) is 0 Å². The zero-order valence-electron chi connectivity index (χ0n) is 12.6. The van der Waals surface area contributed by atoms with Gasteiger partial charge in [-0.25, -0.2) is 8.42 Å². The molecule has 0 aromatic carbocycles. The van der Waals surface area contributed by atoms with Crippen LogP contribution in [0, 0.1) is 0 Å². The fraction of sp³-hybridized carbons (Fsp3) is 0.929. The second kappa shape index (κ2) is 5.85. The first kappa shape index (κ1) is 15.2. The summed E-state index contributed by atoms with van der Waals surface area (Å²) >= 11 is 0. The van der Waals surface area contributed by atoms with Gasteiger partial charge in [-0.2, -0.15) is 4.31 Å². The van der Waals surface area contributed by atoms with E-state index >= 15 is 0 Å². The van der Waals surface area contributed by atoms with Gasteiger partial charge in [0.2, 0.25) is 15.9 Å². The molecule has 21 heavy (non-hydrogen) atoms. The Kier molecular flexibility index (Phi) is 4.25. The van der Waals surface area contributed by atoms with Crippen LogP contribution in [0.2, 0.25) is 0 Å². The molecule has 7 heteroatoms. The molecule has 3 fully saturated rings. The Morgan fingerprint density at radius 2 is 1.71 bits per heavy atom. The maximum Gasteiger partial charge on any atom is 0.238 e.